The molecule has 0 heterocycles. The fraction of sp³-hybridized carbons (Fsp3) is 0.133. The Bertz CT molecular complexity index is 3030. The van der Waals surface area contributed by atoms with Crippen LogP contribution in [0.4, 0.5) is 28.4 Å². The van der Waals surface area contributed by atoms with E-state index in [9.17, 15) is 47.9 Å². The molecule has 0 aliphatic heterocycles. The van der Waals surface area contributed by atoms with Gasteiger partial charge in [-0.05, 0) is 60.0 Å². The number of phenols is 1. The van der Waals surface area contributed by atoms with Crippen molar-refractivity contribution in [1.82, 2.24) is 0 Å². The average molecular weight is 1020 g/mol. The lowest BCUT2D eigenvalue weighted by Gasteiger charge is -2.12. The third-order valence-corrected chi connectivity index (χ3v) is 15.1. The number of fused-ring (bicyclic) bond motifs is 2. The van der Waals surface area contributed by atoms with Crippen LogP contribution in [0.5, 0.6) is 5.75 Å². The van der Waals surface area contributed by atoms with Crippen LogP contribution in [-0.4, -0.2) is 87.5 Å². The van der Waals surface area contributed by atoms with Crippen LogP contribution < -0.4 is 5.73 Å². The molecule has 0 unspecified atom stereocenters. The second-order valence-electron chi connectivity index (χ2n) is 11.8. The lowest BCUT2D eigenvalue weighted by Crippen LogP contribution is -2.11. The highest BCUT2D eigenvalue weighted by Gasteiger charge is 2.25. The van der Waals surface area contributed by atoms with E-state index in [1.165, 1.54) is 24.3 Å². The van der Waals surface area contributed by atoms with Gasteiger partial charge in [0.2, 0.25) is 0 Å². The van der Waals surface area contributed by atoms with Crippen molar-refractivity contribution in [2.24, 2.45) is 20.5 Å². The molecule has 5 aromatic carbocycles. The zero-order valence-electron chi connectivity index (χ0n) is 30.7. The van der Waals surface area contributed by atoms with E-state index in [1.807, 2.05) is 0 Å². The monoisotopic (exact) mass is 1020 g/mol. The molecule has 8 N–H and O–H groups in total. The van der Waals surface area contributed by atoms with Gasteiger partial charge in [0, 0.05) is 34.0 Å². The Morgan fingerprint density at radius 1 is 0.619 bits per heavy atom. The molecule has 5 aromatic rings. The van der Waals surface area contributed by atoms with Gasteiger partial charge in [-0.2, -0.15) is 16.8 Å². The number of azo groups is 2. The molecule has 0 radical (unpaired) electrons. The second-order valence-corrected chi connectivity index (χ2v) is 20.8. The van der Waals surface area contributed by atoms with Crippen LogP contribution in [0.25, 0.3) is 21.5 Å². The molecule has 0 aromatic heterocycles. The maximum Gasteiger partial charge on any atom is 0.297 e. The summed E-state index contributed by atoms with van der Waals surface area (Å²) in [5.74, 6) is -2.16. The molecule has 340 valence electrons. The second kappa shape index (κ2) is 21.2. The summed E-state index contributed by atoms with van der Waals surface area (Å²) in [6, 6.07) is 11.8. The summed E-state index contributed by atoms with van der Waals surface area (Å²) in [6.45, 7) is -0.412. The Balaban J connectivity index is 1.57. The van der Waals surface area contributed by atoms with Gasteiger partial charge in [-0.1, -0.05) is 27.2 Å². The molecule has 0 amide bonds. The molecular weight excluding hydrogens is 991 g/mol. The van der Waals surface area contributed by atoms with Crippen molar-refractivity contribution in [2.75, 3.05) is 29.6 Å². The van der Waals surface area contributed by atoms with Crippen LogP contribution in [0.2, 0.25) is 0 Å². The van der Waals surface area contributed by atoms with E-state index >= 15 is 0 Å². The van der Waals surface area contributed by atoms with Crippen molar-refractivity contribution in [2.45, 2.75) is 24.5 Å². The van der Waals surface area contributed by atoms with Gasteiger partial charge in [0.1, 0.15) is 32.5 Å². The number of aromatic hydroxyl groups is 1. The Morgan fingerprint density at radius 2 is 1.24 bits per heavy atom. The third-order valence-electron chi connectivity index (χ3n) is 8.07. The number of nitrogen functional groups attached to an aromatic ring is 1. The molecule has 26 nitrogen and oxygen atoms in total. The van der Waals surface area contributed by atoms with E-state index < -0.39 is 95.5 Å². The summed E-state index contributed by atoms with van der Waals surface area (Å²) in [7, 11) is -18.5. The molecule has 0 bridgehead atoms. The summed E-state index contributed by atoms with van der Waals surface area (Å²) in [5.41, 5.74) is 4.26. The summed E-state index contributed by atoms with van der Waals surface area (Å²) in [4.78, 5) is -2.83. The van der Waals surface area contributed by atoms with Crippen LogP contribution in [0, 0.1) is 0 Å². The Hall–Kier alpha value is -4.21. The molecule has 0 saturated carbocycles. The van der Waals surface area contributed by atoms with Crippen molar-refractivity contribution in [3.05, 3.63) is 66.7 Å². The topological polar surface area (TPSA) is 398 Å². The molecule has 0 aliphatic carbocycles. The first kappa shape index (κ1) is 49.8. The summed E-state index contributed by atoms with van der Waals surface area (Å²) >= 11 is 0.818. The minimum absolute atomic E-state index is 0.0214. The lowest BCUT2D eigenvalue weighted by atomic mass is 10.1. The number of benzene rings is 5. The van der Waals surface area contributed by atoms with Gasteiger partial charge in [0.15, 0.2) is 37.7 Å². The van der Waals surface area contributed by atoms with Gasteiger partial charge in [-0.25, -0.2) is 32.6 Å². The van der Waals surface area contributed by atoms with E-state index in [4.69, 9.17) is 25.7 Å². The number of rotatable bonds is 22. The van der Waals surface area contributed by atoms with Crippen molar-refractivity contribution in [3.8, 4) is 5.75 Å². The van der Waals surface area contributed by atoms with Crippen LogP contribution in [0.3, 0.4) is 0 Å². The van der Waals surface area contributed by atoms with Gasteiger partial charge in [0.25, 0.3) is 20.2 Å². The standard InChI is InChI=1S/C30H27N5O21S7/c31-22-6-5-20-21(27(22)34-32-23-8-3-18(14-26(23)62(44,45)46)61(42,43)12-10-57-54-51-37)15-25(58-55-52-38)28(29(20)36)35-33-24-7-1-16-13-17(2-4-19(16)30(24)63(47,48)49)60(40,41)11-9-50-59-56-53-39/h1-8,13-15,36-39H,9-12,31H2,(H,44,45,46)(H,47,48,49). The molecule has 0 fully saturated rings. The smallest absolute Gasteiger partial charge is 0.297 e. The fourth-order valence-corrected chi connectivity index (χ4v) is 10.9. The number of hydrogen-bond acceptors (Lipinski definition) is 27. The molecule has 0 aliphatic rings. The zero-order chi connectivity index (χ0) is 46.2. The summed E-state index contributed by atoms with van der Waals surface area (Å²) in [6.07, 6.45) is 0. The highest BCUT2D eigenvalue weighted by atomic mass is 32.2. The maximum absolute atomic E-state index is 12.9. The molecule has 63 heavy (non-hydrogen) atoms. The Labute approximate surface area is 367 Å². The number of nitrogens with two attached hydrogens (primary N) is 1. The normalized spacial score (nSPS) is 13.0. The van der Waals surface area contributed by atoms with Gasteiger partial charge < -0.3 is 10.8 Å². The Morgan fingerprint density at radius 3 is 1.92 bits per heavy atom. The van der Waals surface area contributed by atoms with Crippen LogP contribution in [-0.2, 0) is 72.2 Å². The predicted molar refractivity (Wildman–Crippen MR) is 219 cm³/mol. The highest BCUT2D eigenvalue weighted by molar-refractivity contribution is 7.97. The van der Waals surface area contributed by atoms with E-state index in [-0.39, 0.29) is 72.8 Å². The lowest BCUT2D eigenvalue weighted by molar-refractivity contribution is -0.434. The highest BCUT2D eigenvalue weighted by Crippen LogP contribution is 2.48. The van der Waals surface area contributed by atoms with E-state index in [0.717, 1.165) is 36.4 Å². The molecule has 5 rings (SSSR count). The molecule has 0 atom stereocenters. The van der Waals surface area contributed by atoms with E-state index in [0.29, 0.717) is 18.1 Å². The molecule has 0 spiro atoms. The summed E-state index contributed by atoms with van der Waals surface area (Å²) < 4.78 is 139. The first-order valence-electron chi connectivity index (χ1n) is 16.3. The quantitative estimate of drug-likeness (QED) is 0.00725. The van der Waals surface area contributed by atoms with Gasteiger partial charge in [-0.3, -0.25) is 13.3 Å². The molecule has 0 saturated heterocycles. The number of nitrogens with zero attached hydrogens (tertiary/aromatic N) is 4. The largest absolute Gasteiger partial charge is 0.505 e. The van der Waals surface area contributed by atoms with Crippen molar-refractivity contribution in [3.63, 3.8) is 0 Å². The van der Waals surface area contributed by atoms with Crippen LogP contribution in [0.15, 0.2) is 112 Å². The molecule has 33 heteroatoms. The first-order chi connectivity index (χ1) is 29.7. The van der Waals surface area contributed by atoms with Crippen LogP contribution in [0.1, 0.15) is 0 Å². The minimum atomic E-state index is -5.15. The van der Waals surface area contributed by atoms with Gasteiger partial charge in [0.05, 0.1) is 50.5 Å². The number of phenolic OH excluding ortho intramolecular Hbond substituents is 1. The fourth-order valence-electron chi connectivity index (χ4n) is 5.39. The zero-order valence-corrected chi connectivity index (χ0v) is 36.4. The van der Waals surface area contributed by atoms with Crippen molar-refractivity contribution >= 4 is 126 Å². The summed E-state index contributed by atoms with van der Waals surface area (Å²) in [5, 5.41) is 62.6. The maximum atomic E-state index is 12.9. The van der Waals surface area contributed by atoms with Crippen molar-refractivity contribution < 1.29 is 96.0 Å². The van der Waals surface area contributed by atoms with Crippen molar-refractivity contribution in [1.29, 1.82) is 0 Å². The van der Waals surface area contributed by atoms with E-state index in [2.05, 4.69) is 48.6 Å². The number of anilines is 1. The van der Waals surface area contributed by atoms with Gasteiger partial charge >= 0.3 is 0 Å². The predicted octanol–water partition coefficient (Wildman–Crippen LogP) is 6.65. The average Bonchev–Trinajstić information content (AvgIpc) is 3.22. The minimum Gasteiger partial charge on any atom is -0.505 e. The first-order valence-corrected chi connectivity index (χ1v) is 24.8. The molecular formula is C30H27N5O21S7. The number of sulfone groups is 2. The Kier molecular flexibility index (Phi) is 16.7. The number of hydrogen-bond donors (Lipinski definition) is 7. The van der Waals surface area contributed by atoms with Gasteiger partial charge in [-0.15, -0.1) is 33.5 Å². The van der Waals surface area contributed by atoms with Crippen LogP contribution >= 0.6 is 36.4 Å². The SMILES string of the molecule is Nc1ccc2c(O)c(N=Nc3ccc4cc(S(=O)(=O)CCOSOOO)ccc4c3S(=O)(=O)O)c(SOOO)cc2c1N=Nc1ccc(S(=O)(=O)CCSOOO)cc1S(=O)(=O)O. The third kappa shape index (κ3) is 12.3. The van der Waals surface area contributed by atoms with E-state index in [1.54, 1.807) is 0 Å².